The third-order valence-electron chi connectivity index (χ3n) is 3.18. The van der Waals surface area contributed by atoms with Crippen molar-refractivity contribution in [2.24, 2.45) is 0 Å². The van der Waals surface area contributed by atoms with Gasteiger partial charge in [0.15, 0.2) is 5.69 Å². The molecule has 3 heterocycles. The zero-order chi connectivity index (χ0) is 16.6. The Morgan fingerprint density at radius 2 is 2.22 bits per heavy atom. The molecule has 0 amide bonds. The Morgan fingerprint density at radius 3 is 2.83 bits per heavy atom. The Kier molecular flexibility index (Phi) is 3.94. The highest BCUT2D eigenvalue weighted by Gasteiger charge is 2.24. The van der Waals surface area contributed by atoms with Crippen molar-refractivity contribution in [3.8, 4) is 11.6 Å². The molecule has 0 fully saturated rings. The van der Waals surface area contributed by atoms with Gasteiger partial charge in [0.25, 0.3) is 5.89 Å². The van der Waals surface area contributed by atoms with Crippen LogP contribution in [0.15, 0.2) is 15.0 Å². The predicted octanol–water partition coefficient (Wildman–Crippen LogP) is 2.19. The summed E-state index contributed by atoms with van der Waals surface area (Å²) in [5, 5.41) is 29.1. The lowest BCUT2D eigenvalue weighted by atomic mass is 10.4. The summed E-state index contributed by atoms with van der Waals surface area (Å²) in [5.41, 5.74) is 2.20. The molecule has 3 aromatic heterocycles. The van der Waals surface area contributed by atoms with Crippen molar-refractivity contribution in [2.45, 2.75) is 26.8 Å². The normalized spacial score (nSPS) is 11.1. The van der Waals surface area contributed by atoms with Crippen molar-refractivity contribution in [2.75, 3.05) is 0 Å². The molecule has 0 aliphatic heterocycles. The van der Waals surface area contributed by atoms with Gasteiger partial charge in [-0.1, -0.05) is 5.10 Å². The van der Waals surface area contributed by atoms with Crippen molar-refractivity contribution in [3.63, 3.8) is 0 Å². The first-order valence-electron chi connectivity index (χ1n) is 6.67. The first-order chi connectivity index (χ1) is 11.0. The summed E-state index contributed by atoms with van der Waals surface area (Å²) in [4.78, 5) is 10.2. The van der Waals surface area contributed by atoms with Crippen LogP contribution < -0.4 is 0 Å². The van der Waals surface area contributed by atoms with E-state index in [1.807, 2.05) is 24.6 Å². The number of nitrogens with one attached hydrogen (secondary N) is 1. The zero-order valence-corrected chi connectivity index (χ0v) is 13.9. The van der Waals surface area contributed by atoms with Gasteiger partial charge in [0, 0.05) is 18.7 Å². The Labute approximate surface area is 138 Å². The lowest BCUT2D eigenvalue weighted by molar-refractivity contribution is -0.390. The van der Waals surface area contributed by atoms with E-state index in [-0.39, 0.29) is 21.9 Å². The molecule has 0 atom stereocenters. The second kappa shape index (κ2) is 5.91. The zero-order valence-electron chi connectivity index (χ0n) is 12.3. The quantitative estimate of drug-likeness (QED) is 0.529. The molecule has 0 radical (unpaired) electrons. The molecule has 0 aliphatic carbocycles. The van der Waals surface area contributed by atoms with E-state index in [1.54, 1.807) is 0 Å². The summed E-state index contributed by atoms with van der Waals surface area (Å²) in [6, 6.07) is 1.99. The highest BCUT2D eigenvalue weighted by molar-refractivity contribution is 9.10. The minimum Gasteiger partial charge on any atom is -0.419 e. The van der Waals surface area contributed by atoms with E-state index in [0.29, 0.717) is 18.9 Å². The Morgan fingerprint density at radius 1 is 1.43 bits per heavy atom. The van der Waals surface area contributed by atoms with Crippen LogP contribution in [0.2, 0.25) is 0 Å². The van der Waals surface area contributed by atoms with E-state index in [0.717, 1.165) is 11.4 Å². The molecule has 0 bridgehead atoms. The minimum absolute atomic E-state index is 0.115. The molecule has 0 unspecified atom stereocenters. The second-order valence-electron chi connectivity index (χ2n) is 4.89. The van der Waals surface area contributed by atoms with Crippen LogP contribution in [-0.2, 0) is 13.0 Å². The lowest BCUT2D eigenvalue weighted by Crippen LogP contribution is -2.05. The Bertz CT molecular complexity index is 866. The third kappa shape index (κ3) is 2.99. The SMILES string of the molecule is Cc1cc(C)n(CCc2nnc(-c3n[nH]c([N+](=O)[O-])c3Br)o2)n1. The summed E-state index contributed by atoms with van der Waals surface area (Å²) < 4.78 is 7.55. The molecular weight excluding hydrogens is 370 g/mol. The topological polar surface area (TPSA) is 129 Å². The highest BCUT2D eigenvalue weighted by Crippen LogP contribution is 2.32. The summed E-state index contributed by atoms with van der Waals surface area (Å²) >= 11 is 3.11. The maximum Gasteiger partial charge on any atom is 0.357 e. The molecule has 23 heavy (non-hydrogen) atoms. The fourth-order valence-electron chi connectivity index (χ4n) is 2.14. The monoisotopic (exact) mass is 381 g/mol. The van der Waals surface area contributed by atoms with Gasteiger partial charge < -0.3 is 14.5 Å². The number of hydrogen-bond acceptors (Lipinski definition) is 7. The summed E-state index contributed by atoms with van der Waals surface area (Å²) in [7, 11) is 0. The van der Waals surface area contributed by atoms with Crippen molar-refractivity contribution >= 4 is 21.7 Å². The molecule has 0 aromatic carbocycles. The van der Waals surface area contributed by atoms with Crippen LogP contribution in [0, 0.1) is 24.0 Å². The summed E-state index contributed by atoms with van der Waals surface area (Å²) in [6.45, 7) is 4.50. The molecule has 3 aromatic rings. The molecule has 11 heteroatoms. The number of H-pyrrole nitrogens is 1. The molecule has 1 N–H and O–H groups in total. The van der Waals surface area contributed by atoms with Crippen LogP contribution in [0.4, 0.5) is 5.82 Å². The van der Waals surface area contributed by atoms with Crippen LogP contribution >= 0.6 is 15.9 Å². The van der Waals surface area contributed by atoms with Gasteiger partial charge in [-0.3, -0.25) is 4.68 Å². The van der Waals surface area contributed by atoms with E-state index in [1.165, 1.54) is 0 Å². The number of aromatic amines is 1. The number of halogens is 1. The minimum atomic E-state index is -0.583. The van der Waals surface area contributed by atoms with Gasteiger partial charge in [-0.05, 0) is 40.8 Å². The first-order valence-corrected chi connectivity index (χ1v) is 7.47. The largest absolute Gasteiger partial charge is 0.419 e. The molecule has 10 nitrogen and oxygen atoms in total. The van der Waals surface area contributed by atoms with Crippen LogP contribution in [0.5, 0.6) is 0 Å². The van der Waals surface area contributed by atoms with Crippen LogP contribution in [-0.4, -0.2) is 35.1 Å². The molecule has 0 saturated carbocycles. The molecule has 0 spiro atoms. The lowest BCUT2D eigenvalue weighted by Gasteiger charge is -2.00. The van der Waals surface area contributed by atoms with Crippen molar-refractivity contribution in [1.29, 1.82) is 0 Å². The number of nitro groups is 1. The van der Waals surface area contributed by atoms with Gasteiger partial charge >= 0.3 is 5.82 Å². The number of rotatable bonds is 5. The van der Waals surface area contributed by atoms with Gasteiger partial charge in [-0.2, -0.15) is 5.10 Å². The van der Waals surface area contributed by atoms with Gasteiger partial charge in [0.1, 0.15) is 4.47 Å². The van der Waals surface area contributed by atoms with Gasteiger partial charge in [-0.15, -0.1) is 15.3 Å². The van der Waals surface area contributed by atoms with Crippen molar-refractivity contribution in [3.05, 3.63) is 37.9 Å². The molecule has 0 saturated heterocycles. The smallest absolute Gasteiger partial charge is 0.357 e. The molecule has 3 rings (SSSR count). The van der Waals surface area contributed by atoms with E-state index in [9.17, 15) is 10.1 Å². The number of nitrogens with zero attached hydrogens (tertiary/aromatic N) is 6. The van der Waals surface area contributed by atoms with Gasteiger partial charge in [0.05, 0.1) is 5.69 Å². The average molecular weight is 382 g/mol. The fourth-order valence-corrected chi connectivity index (χ4v) is 2.63. The van der Waals surface area contributed by atoms with E-state index >= 15 is 0 Å². The van der Waals surface area contributed by atoms with Gasteiger partial charge in [0.2, 0.25) is 5.89 Å². The third-order valence-corrected chi connectivity index (χ3v) is 3.93. The van der Waals surface area contributed by atoms with E-state index in [2.05, 4.69) is 41.4 Å². The standard InChI is InChI=1S/C12H12BrN7O3/c1-6-5-7(2)19(18-6)4-3-8-14-17-12(23-8)10-9(13)11(16-15-10)20(21)22/h5H,3-4H2,1-2H3,(H,15,16). The molecule has 120 valence electrons. The van der Waals surface area contributed by atoms with Crippen molar-refractivity contribution in [1.82, 2.24) is 30.2 Å². The summed E-state index contributed by atoms with van der Waals surface area (Å²) in [6.07, 6.45) is 0.499. The number of aromatic nitrogens is 6. The maximum absolute atomic E-state index is 10.8. The highest BCUT2D eigenvalue weighted by atomic mass is 79.9. The van der Waals surface area contributed by atoms with Crippen molar-refractivity contribution < 1.29 is 9.34 Å². The first kappa shape index (κ1) is 15.3. The molecule has 0 aliphatic rings. The maximum atomic E-state index is 10.8. The number of aryl methyl sites for hydroxylation is 4. The predicted molar refractivity (Wildman–Crippen MR) is 81.6 cm³/mol. The number of hydrogen-bond donors (Lipinski definition) is 1. The van der Waals surface area contributed by atoms with Crippen LogP contribution in [0.3, 0.4) is 0 Å². The summed E-state index contributed by atoms with van der Waals surface area (Å²) in [5.74, 6) is 0.261. The molecular formula is C12H12BrN7O3. The van der Waals surface area contributed by atoms with E-state index in [4.69, 9.17) is 4.42 Å². The Hall–Kier alpha value is -2.56. The van der Waals surface area contributed by atoms with Gasteiger partial charge in [-0.25, -0.2) is 0 Å². The second-order valence-corrected chi connectivity index (χ2v) is 5.69. The average Bonchev–Trinajstić information content (AvgIpc) is 3.16. The van der Waals surface area contributed by atoms with Crippen LogP contribution in [0.1, 0.15) is 17.3 Å². The van der Waals surface area contributed by atoms with Crippen LogP contribution in [0.25, 0.3) is 11.6 Å². The Balaban J connectivity index is 1.76. The fraction of sp³-hybridized carbons (Fsp3) is 0.333. The van der Waals surface area contributed by atoms with E-state index < -0.39 is 4.92 Å².